The van der Waals surface area contributed by atoms with Gasteiger partial charge in [0.05, 0.1) is 0 Å². The highest BCUT2D eigenvalue weighted by molar-refractivity contribution is 5.91. The zero-order valence-electron chi connectivity index (χ0n) is 11.1. The lowest BCUT2D eigenvalue weighted by atomic mass is 10.1. The summed E-state index contributed by atoms with van der Waals surface area (Å²) in [5, 5.41) is 9.91. The Bertz CT molecular complexity index is 349. The van der Waals surface area contributed by atoms with Crippen molar-refractivity contribution in [3.63, 3.8) is 0 Å². The lowest BCUT2D eigenvalue weighted by molar-refractivity contribution is 0.0944. The molecule has 5 nitrogen and oxygen atoms in total. The van der Waals surface area contributed by atoms with E-state index in [1.54, 1.807) is 6.07 Å². The minimum Gasteiger partial charge on any atom is -0.364 e. The highest BCUT2D eigenvalue weighted by Gasteiger charge is 2.11. The molecule has 0 spiro atoms. The number of nitrogens with zero attached hydrogens (tertiary/aromatic N) is 1. The first-order valence-electron chi connectivity index (χ1n) is 6.78. The summed E-state index contributed by atoms with van der Waals surface area (Å²) in [6.07, 6.45) is 9.29. The van der Waals surface area contributed by atoms with Crippen LogP contribution in [0.15, 0.2) is 16.9 Å². The van der Waals surface area contributed by atoms with Gasteiger partial charge in [0.2, 0.25) is 0 Å². The minimum atomic E-state index is -0.175. The monoisotopic (exact) mass is 287 g/mol. The van der Waals surface area contributed by atoms with Crippen LogP contribution in [0.1, 0.15) is 49.0 Å². The van der Waals surface area contributed by atoms with Crippen LogP contribution in [0, 0.1) is 0 Å². The van der Waals surface area contributed by atoms with Gasteiger partial charge in [-0.25, -0.2) is 0 Å². The fraction of sp³-hybridized carbons (Fsp3) is 0.692. The van der Waals surface area contributed by atoms with E-state index in [0.29, 0.717) is 18.3 Å². The summed E-state index contributed by atoms with van der Waals surface area (Å²) in [6, 6.07) is 2.19. The van der Waals surface area contributed by atoms with Crippen molar-refractivity contribution >= 4 is 18.3 Å². The number of halogens is 1. The van der Waals surface area contributed by atoms with Crippen molar-refractivity contribution in [3.05, 3.63) is 18.0 Å². The van der Waals surface area contributed by atoms with Crippen LogP contribution in [0.3, 0.4) is 0 Å². The second-order valence-electron chi connectivity index (χ2n) is 4.78. The predicted octanol–water partition coefficient (Wildman–Crippen LogP) is 2.14. The van der Waals surface area contributed by atoms with Crippen LogP contribution in [-0.2, 0) is 0 Å². The van der Waals surface area contributed by atoms with Crippen LogP contribution >= 0.6 is 12.4 Å². The molecule has 2 N–H and O–H groups in total. The average molecular weight is 288 g/mol. The molecule has 0 saturated heterocycles. The van der Waals surface area contributed by atoms with Crippen molar-refractivity contribution in [2.24, 2.45) is 0 Å². The third-order valence-electron chi connectivity index (χ3n) is 3.37. The summed E-state index contributed by atoms with van der Waals surface area (Å²) in [6.45, 7) is 1.44. The van der Waals surface area contributed by atoms with E-state index in [1.807, 2.05) is 0 Å². The SMILES string of the molecule is Cl.O=C(NCCNC1CCCCCC1)c1ccon1. The number of carbonyl (C=O) groups is 1. The number of aromatic nitrogens is 1. The number of carbonyl (C=O) groups excluding carboxylic acids is 1. The number of hydrogen-bond donors (Lipinski definition) is 2. The van der Waals surface area contributed by atoms with Crippen molar-refractivity contribution in [2.75, 3.05) is 13.1 Å². The van der Waals surface area contributed by atoms with Crippen molar-refractivity contribution in [3.8, 4) is 0 Å². The first-order chi connectivity index (χ1) is 8.86. The summed E-state index contributed by atoms with van der Waals surface area (Å²) in [5.41, 5.74) is 0.337. The lowest BCUT2D eigenvalue weighted by Gasteiger charge is -2.16. The van der Waals surface area contributed by atoms with Gasteiger partial charge in [-0.15, -0.1) is 12.4 Å². The van der Waals surface area contributed by atoms with Gasteiger partial charge in [0.1, 0.15) is 6.26 Å². The summed E-state index contributed by atoms with van der Waals surface area (Å²) >= 11 is 0. The van der Waals surface area contributed by atoms with Crippen LogP contribution in [0.4, 0.5) is 0 Å². The molecule has 1 aliphatic carbocycles. The van der Waals surface area contributed by atoms with E-state index in [1.165, 1.54) is 44.8 Å². The standard InChI is InChI=1S/C13H21N3O2.ClH/c17-13(12-7-10-18-16-12)15-9-8-14-11-5-3-1-2-4-6-11;/h7,10-11,14H,1-6,8-9H2,(H,15,17);1H. The lowest BCUT2D eigenvalue weighted by Crippen LogP contribution is -2.36. The van der Waals surface area contributed by atoms with Crippen LogP contribution in [-0.4, -0.2) is 30.2 Å². The fourth-order valence-electron chi connectivity index (χ4n) is 2.36. The smallest absolute Gasteiger partial charge is 0.273 e. The Morgan fingerprint density at radius 2 is 2.00 bits per heavy atom. The van der Waals surface area contributed by atoms with Crippen molar-refractivity contribution in [1.29, 1.82) is 0 Å². The maximum Gasteiger partial charge on any atom is 0.273 e. The van der Waals surface area contributed by atoms with Gasteiger partial charge in [-0.2, -0.15) is 0 Å². The van der Waals surface area contributed by atoms with Crippen LogP contribution in [0.5, 0.6) is 0 Å². The van der Waals surface area contributed by atoms with Gasteiger partial charge in [-0.1, -0.05) is 30.8 Å². The molecule has 0 radical (unpaired) electrons. The molecule has 0 aromatic carbocycles. The quantitative estimate of drug-likeness (QED) is 0.643. The normalized spacial score (nSPS) is 16.4. The number of hydrogen-bond acceptors (Lipinski definition) is 4. The van der Waals surface area contributed by atoms with Gasteiger partial charge in [0.25, 0.3) is 5.91 Å². The fourth-order valence-corrected chi connectivity index (χ4v) is 2.36. The molecule has 1 aromatic rings. The highest BCUT2D eigenvalue weighted by Crippen LogP contribution is 2.16. The minimum absolute atomic E-state index is 0. The first kappa shape index (κ1) is 16.0. The molecule has 2 rings (SSSR count). The Morgan fingerprint density at radius 1 is 1.26 bits per heavy atom. The number of rotatable bonds is 5. The van der Waals surface area contributed by atoms with E-state index in [4.69, 9.17) is 0 Å². The largest absolute Gasteiger partial charge is 0.364 e. The second-order valence-corrected chi connectivity index (χ2v) is 4.78. The number of nitrogens with one attached hydrogen (secondary N) is 2. The topological polar surface area (TPSA) is 67.2 Å². The molecule has 0 atom stereocenters. The second kappa shape index (κ2) is 8.93. The van der Waals surface area contributed by atoms with E-state index in [2.05, 4.69) is 20.3 Å². The van der Waals surface area contributed by atoms with Gasteiger partial charge in [0, 0.05) is 25.2 Å². The molecule has 6 heteroatoms. The van der Waals surface area contributed by atoms with Crippen LogP contribution in [0.25, 0.3) is 0 Å². The summed E-state index contributed by atoms with van der Waals surface area (Å²) in [7, 11) is 0. The van der Waals surface area contributed by atoms with Gasteiger partial charge < -0.3 is 15.2 Å². The molecule has 0 bridgehead atoms. The Hall–Kier alpha value is -1.07. The molecule has 1 saturated carbocycles. The maximum atomic E-state index is 11.6. The average Bonchev–Trinajstić information content (AvgIpc) is 2.80. The summed E-state index contributed by atoms with van der Waals surface area (Å²) in [4.78, 5) is 11.6. The zero-order valence-corrected chi connectivity index (χ0v) is 11.9. The predicted molar refractivity (Wildman–Crippen MR) is 75.6 cm³/mol. The summed E-state index contributed by atoms with van der Waals surface area (Å²) in [5.74, 6) is -0.175. The van der Waals surface area contributed by atoms with E-state index in [-0.39, 0.29) is 18.3 Å². The molecule has 1 aliphatic rings. The van der Waals surface area contributed by atoms with E-state index in [9.17, 15) is 4.79 Å². The van der Waals surface area contributed by atoms with Gasteiger partial charge in [-0.3, -0.25) is 4.79 Å². The van der Waals surface area contributed by atoms with Gasteiger partial charge >= 0.3 is 0 Å². The van der Waals surface area contributed by atoms with Gasteiger partial charge in [0.15, 0.2) is 5.69 Å². The first-order valence-corrected chi connectivity index (χ1v) is 6.78. The Kier molecular flexibility index (Phi) is 7.52. The third-order valence-corrected chi connectivity index (χ3v) is 3.37. The Labute approximate surface area is 119 Å². The van der Waals surface area contributed by atoms with E-state index >= 15 is 0 Å². The van der Waals surface area contributed by atoms with E-state index < -0.39 is 0 Å². The Balaban J connectivity index is 0.00000180. The third kappa shape index (κ3) is 5.61. The summed E-state index contributed by atoms with van der Waals surface area (Å²) < 4.78 is 4.62. The highest BCUT2D eigenvalue weighted by atomic mass is 35.5. The molecule has 19 heavy (non-hydrogen) atoms. The van der Waals surface area contributed by atoms with Gasteiger partial charge in [-0.05, 0) is 12.8 Å². The molecular formula is C13H22ClN3O2. The Morgan fingerprint density at radius 3 is 2.63 bits per heavy atom. The molecule has 108 valence electrons. The van der Waals surface area contributed by atoms with Crippen molar-refractivity contribution in [2.45, 2.75) is 44.6 Å². The van der Waals surface area contributed by atoms with Crippen molar-refractivity contribution < 1.29 is 9.32 Å². The molecular weight excluding hydrogens is 266 g/mol. The maximum absolute atomic E-state index is 11.6. The molecule has 1 amide bonds. The molecule has 1 fully saturated rings. The molecule has 0 unspecified atom stereocenters. The molecule has 1 heterocycles. The van der Waals surface area contributed by atoms with Crippen LogP contribution in [0.2, 0.25) is 0 Å². The van der Waals surface area contributed by atoms with Crippen LogP contribution < -0.4 is 10.6 Å². The van der Waals surface area contributed by atoms with E-state index in [0.717, 1.165) is 6.54 Å². The number of amides is 1. The molecule has 0 aliphatic heterocycles. The zero-order chi connectivity index (χ0) is 12.6. The molecule has 1 aromatic heterocycles. The van der Waals surface area contributed by atoms with Crippen molar-refractivity contribution in [1.82, 2.24) is 15.8 Å².